The maximum atomic E-state index is 13.4. The highest BCUT2D eigenvalue weighted by Crippen LogP contribution is 2.40. The number of halogens is 1. The van der Waals surface area contributed by atoms with Gasteiger partial charge in [0.25, 0.3) is 10.0 Å². The van der Waals surface area contributed by atoms with E-state index >= 15 is 0 Å². The molecule has 0 radical (unpaired) electrons. The molecule has 0 N–H and O–H groups in total. The number of likely N-dealkylation sites (N-methyl/N-ethyl adjacent to an activating group) is 1. The zero-order valence-electron chi connectivity index (χ0n) is 19.3. The topological polar surface area (TPSA) is 90.2 Å². The van der Waals surface area contributed by atoms with Crippen LogP contribution in [0.3, 0.4) is 0 Å². The van der Waals surface area contributed by atoms with Gasteiger partial charge in [-0.25, -0.2) is 8.42 Å². The minimum Gasteiger partial charge on any atom is -0.443 e. The number of nitrogens with zero attached hydrogens (tertiary/aromatic N) is 5. The molecule has 2 aromatic heterocycles. The fourth-order valence-corrected chi connectivity index (χ4v) is 7.21. The summed E-state index contributed by atoms with van der Waals surface area (Å²) in [4.78, 5) is 23.7. The smallest absolute Gasteiger partial charge is 0.277 e. The number of benzene rings is 1. The highest BCUT2D eigenvalue weighted by molar-refractivity contribution is 7.89. The van der Waals surface area contributed by atoms with Crippen LogP contribution in [0.2, 0.25) is 5.02 Å². The first kappa shape index (κ1) is 22.8. The van der Waals surface area contributed by atoms with Crippen LogP contribution in [-0.2, 0) is 14.8 Å². The lowest BCUT2D eigenvalue weighted by Gasteiger charge is -2.44. The Morgan fingerprint density at radius 1 is 1.11 bits per heavy atom. The standard InChI is InChI=1S/C24H26ClN5O4S/c1-27-21-14-29(35(32,33)23-13-17-12-18(25)2-3-20(17)34-23)15-22(31)30(21)16-24(27)6-10-28(11-7-24)19-4-8-26-9-5-19/h2-5,8-9,12-13,21H,6-7,10-11,14-16H2,1H3. The molecule has 1 amide bonds. The first-order valence-corrected chi connectivity index (χ1v) is 13.5. The van der Waals surface area contributed by atoms with E-state index in [0.717, 1.165) is 31.6 Å². The molecule has 1 aromatic carbocycles. The summed E-state index contributed by atoms with van der Waals surface area (Å²) in [5, 5.41) is 0.940. The molecule has 5 heterocycles. The lowest BCUT2D eigenvalue weighted by molar-refractivity contribution is -0.137. The van der Waals surface area contributed by atoms with E-state index in [1.54, 1.807) is 30.6 Å². The molecule has 11 heteroatoms. The van der Waals surface area contributed by atoms with Crippen LogP contribution in [-0.4, -0.2) is 84.9 Å². The van der Waals surface area contributed by atoms with Gasteiger partial charge in [0.1, 0.15) is 5.58 Å². The fraction of sp³-hybridized carbons (Fsp3) is 0.417. The molecule has 184 valence electrons. The van der Waals surface area contributed by atoms with Crippen molar-refractivity contribution in [2.45, 2.75) is 29.6 Å². The normalized spacial score (nSPS) is 23.4. The van der Waals surface area contributed by atoms with E-state index in [2.05, 4.69) is 14.8 Å². The Kier molecular flexibility index (Phi) is 5.33. The second kappa shape index (κ2) is 8.19. The number of pyridine rings is 1. The second-order valence-corrected chi connectivity index (χ2v) is 11.9. The largest absolute Gasteiger partial charge is 0.443 e. The van der Waals surface area contributed by atoms with Crippen LogP contribution in [0.1, 0.15) is 12.8 Å². The molecule has 3 aliphatic rings. The third-order valence-corrected chi connectivity index (χ3v) is 9.69. The summed E-state index contributed by atoms with van der Waals surface area (Å²) in [5.74, 6) is -0.177. The zero-order chi connectivity index (χ0) is 24.4. The molecule has 0 bridgehead atoms. The first-order valence-electron chi connectivity index (χ1n) is 11.6. The summed E-state index contributed by atoms with van der Waals surface area (Å²) in [6, 6.07) is 10.5. The van der Waals surface area contributed by atoms with Crippen LogP contribution in [0.15, 0.2) is 58.3 Å². The molecule has 9 nitrogen and oxygen atoms in total. The number of aromatic nitrogens is 1. The van der Waals surface area contributed by atoms with Gasteiger partial charge in [-0.15, -0.1) is 0 Å². The third-order valence-electron chi connectivity index (χ3n) is 7.79. The van der Waals surface area contributed by atoms with E-state index < -0.39 is 10.0 Å². The van der Waals surface area contributed by atoms with Gasteiger partial charge in [0.15, 0.2) is 0 Å². The van der Waals surface area contributed by atoms with Crippen molar-refractivity contribution in [2.24, 2.45) is 0 Å². The van der Waals surface area contributed by atoms with Crippen LogP contribution in [0.5, 0.6) is 0 Å². The van der Waals surface area contributed by atoms with Gasteiger partial charge in [-0.3, -0.25) is 14.7 Å². The maximum absolute atomic E-state index is 13.4. The molecule has 1 spiro atoms. The molecule has 3 saturated heterocycles. The van der Waals surface area contributed by atoms with Crippen LogP contribution in [0.25, 0.3) is 11.0 Å². The van der Waals surface area contributed by atoms with Crippen LogP contribution in [0, 0.1) is 0 Å². The predicted octanol–water partition coefficient (Wildman–Crippen LogP) is 2.62. The van der Waals surface area contributed by atoms with E-state index in [0.29, 0.717) is 22.5 Å². The molecule has 35 heavy (non-hydrogen) atoms. The SMILES string of the molecule is CN1C2CN(S(=O)(=O)c3cc4cc(Cl)ccc4o3)CC(=O)N2CC12CCN(c1ccncc1)CC2. The highest BCUT2D eigenvalue weighted by atomic mass is 35.5. The van der Waals surface area contributed by atoms with Crippen molar-refractivity contribution in [1.82, 2.24) is 19.1 Å². The van der Waals surface area contributed by atoms with Crippen molar-refractivity contribution in [3.8, 4) is 0 Å². The monoisotopic (exact) mass is 515 g/mol. The molecule has 3 aromatic rings. The third kappa shape index (κ3) is 3.70. The van der Waals surface area contributed by atoms with Crippen molar-refractivity contribution in [3.05, 3.63) is 53.8 Å². The maximum Gasteiger partial charge on any atom is 0.277 e. The fourth-order valence-electron chi connectivity index (χ4n) is 5.70. The lowest BCUT2D eigenvalue weighted by atomic mass is 9.86. The second-order valence-electron chi connectivity index (χ2n) is 9.58. The summed E-state index contributed by atoms with van der Waals surface area (Å²) < 4.78 is 33.8. The van der Waals surface area contributed by atoms with Gasteiger partial charge in [-0.2, -0.15) is 4.31 Å². The number of piperazine rings is 1. The Bertz CT molecular complexity index is 1390. The highest BCUT2D eigenvalue weighted by Gasteiger charge is 2.54. The van der Waals surface area contributed by atoms with Crippen molar-refractivity contribution in [3.63, 3.8) is 0 Å². The van der Waals surface area contributed by atoms with Crippen molar-refractivity contribution in [1.29, 1.82) is 0 Å². The van der Waals surface area contributed by atoms with Crippen LogP contribution in [0.4, 0.5) is 5.69 Å². The molecular formula is C24H26ClN5O4S. The molecule has 3 aliphatic heterocycles. The number of hydrogen-bond acceptors (Lipinski definition) is 7. The number of carbonyl (C=O) groups excluding carboxylic acids is 1. The number of rotatable bonds is 3. The van der Waals surface area contributed by atoms with Crippen molar-refractivity contribution < 1.29 is 17.6 Å². The summed E-state index contributed by atoms with van der Waals surface area (Å²) in [6.07, 6.45) is 5.07. The van der Waals surface area contributed by atoms with Gasteiger partial charge in [-0.05, 0) is 50.2 Å². The number of amides is 1. The van der Waals surface area contributed by atoms with Gasteiger partial charge >= 0.3 is 0 Å². The Morgan fingerprint density at radius 2 is 1.86 bits per heavy atom. The van der Waals surface area contributed by atoms with Gasteiger partial charge in [0.2, 0.25) is 11.0 Å². The van der Waals surface area contributed by atoms with Gasteiger partial charge in [0, 0.05) is 66.3 Å². The minimum atomic E-state index is -3.98. The average Bonchev–Trinajstić information content (AvgIpc) is 3.40. The lowest BCUT2D eigenvalue weighted by Crippen LogP contribution is -2.59. The van der Waals surface area contributed by atoms with E-state index in [4.69, 9.17) is 16.0 Å². The van der Waals surface area contributed by atoms with Gasteiger partial charge in [0.05, 0.1) is 12.7 Å². The molecule has 0 aliphatic carbocycles. The first-order chi connectivity index (χ1) is 16.8. The van der Waals surface area contributed by atoms with E-state index in [-0.39, 0.29) is 35.8 Å². The molecule has 1 unspecified atom stereocenters. The van der Waals surface area contributed by atoms with Crippen molar-refractivity contribution in [2.75, 3.05) is 44.7 Å². The zero-order valence-corrected chi connectivity index (χ0v) is 20.9. The molecule has 3 fully saturated rings. The van der Waals surface area contributed by atoms with E-state index in [9.17, 15) is 13.2 Å². The van der Waals surface area contributed by atoms with Gasteiger partial charge in [-0.1, -0.05) is 11.6 Å². The Morgan fingerprint density at radius 3 is 2.60 bits per heavy atom. The molecular weight excluding hydrogens is 490 g/mol. The summed E-state index contributed by atoms with van der Waals surface area (Å²) in [6.45, 7) is 2.37. The van der Waals surface area contributed by atoms with Crippen LogP contribution < -0.4 is 4.90 Å². The minimum absolute atomic E-state index is 0.167. The van der Waals surface area contributed by atoms with Gasteiger partial charge < -0.3 is 14.2 Å². The number of hydrogen-bond donors (Lipinski definition) is 0. The molecule has 6 rings (SSSR count). The molecule has 1 atom stereocenters. The summed E-state index contributed by atoms with van der Waals surface area (Å²) in [7, 11) is -1.97. The number of sulfonamides is 1. The number of piperidine rings is 1. The van der Waals surface area contributed by atoms with Crippen molar-refractivity contribution >= 4 is 44.2 Å². The summed E-state index contributed by atoms with van der Waals surface area (Å²) in [5.41, 5.74) is 1.42. The predicted molar refractivity (Wildman–Crippen MR) is 132 cm³/mol. The Hall–Kier alpha value is -2.66. The quantitative estimate of drug-likeness (QED) is 0.529. The van der Waals surface area contributed by atoms with Crippen LogP contribution >= 0.6 is 11.6 Å². The number of anilines is 1. The summed E-state index contributed by atoms with van der Waals surface area (Å²) >= 11 is 6.04. The number of furan rings is 1. The Balaban J connectivity index is 1.22. The molecule has 0 saturated carbocycles. The Labute approximate surface area is 208 Å². The number of fused-ring (bicyclic) bond motifs is 2. The number of carbonyl (C=O) groups is 1. The van der Waals surface area contributed by atoms with E-state index in [1.807, 2.05) is 24.1 Å². The van der Waals surface area contributed by atoms with E-state index in [1.165, 1.54) is 10.4 Å². The average molecular weight is 516 g/mol.